The average molecular weight is 918 g/mol. The third-order valence-electron chi connectivity index (χ3n) is 7.41. The van der Waals surface area contributed by atoms with E-state index in [4.69, 9.17) is 42.9 Å². The van der Waals surface area contributed by atoms with Crippen molar-refractivity contribution in [3.8, 4) is 11.5 Å². The molecule has 4 aromatic rings. The molecule has 0 aromatic heterocycles. The number of halogens is 6. The molecule has 10 nitrogen and oxygen atoms in total. The van der Waals surface area contributed by atoms with Gasteiger partial charge in [0.05, 0.1) is 30.4 Å². The number of carbonyl (C=O) groups excluding carboxylic acids is 1. The highest BCUT2D eigenvalue weighted by Crippen LogP contribution is 2.37. The molecule has 16 heteroatoms. The van der Waals surface area contributed by atoms with Gasteiger partial charge >= 0.3 is 11.9 Å². The number of benzene rings is 4. The molecule has 0 spiro atoms. The predicted octanol–water partition coefficient (Wildman–Crippen LogP) is 9.95. The van der Waals surface area contributed by atoms with Crippen molar-refractivity contribution < 1.29 is 42.9 Å². The number of hydrogen-bond acceptors (Lipinski definition) is 7. The number of nitrogens with one attached hydrogen (secondary N) is 3. The minimum atomic E-state index is -1.14. The summed E-state index contributed by atoms with van der Waals surface area (Å²) in [6.45, 7) is 8.23. The van der Waals surface area contributed by atoms with E-state index in [1.54, 1.807) is 36.4 Å². The Hall–Kier alpha value is -4.11. The largest absolute Gasteiger partial charge is 0.486 e. The molecule has 0 fully saturated rings. The molecule has 0 heterocycles. The number of carboxylic acid groups (broad SMARTS) is 2. The summed E-state index contributed by atoms with van der Waals surface area (Å²) < 4.78 is 41.5. The van der Waals surface area contributed by atoms with Crippen molar-refractivity contribution in [2.45, 2.75) is 53.8 Å². The molecule has 0 atom stereocenters. The normalized spacial score (nSPS) is 10.6. The van der Waals surface area contributed by atoms with Gasteiger partial charge in [-0.25, -0.2) is 8.78 Å². The maximum atomic E-state index is 14.6. The summed E-state index contributed by atoms with van der Waals surface area (Å²) in [7, 11) is 0. The lowest BCUT2D eigenvalue weighted by Crippen LogP contribution is -2.29. The summed E-state index contributed by atoms with van der Waals surface area (Å²) in [5.74, 6) is -2.66. The second-order valence-corrected chi connectivity index (χ2v) is 14.4. The fourth-order valence-corrected chi connectivity index (χ4v) is 7.13. The topological polar surface area (TPSA) is 146 Å². The van der Waals surface area contributed by atoms with Gasteiger partial charge in [-0.1, -0.05) is 23.2 Å². The standard InChI is InChI=1S/C19H19Br2FN2O4.C19H20Cl2FNO3/c1-3-23-15-5-10(2)4-12(17(15)22)9-28-18-13(20)6-11(7-14(18)21)19(27)24-8-16(25)26;1-3-23-16-7-11(2)6-13(18(16)22)10-26-19-14(20)8-12(9-15(19)21)4-5-17(24)25/h4-7,23H,3,8-9H2,1-2H3,(H,24,27)(H,25,26);6-9,23H,3-5,10H2,1-2H3,(H,24,25). The van der Waals surface area contributed by atoms with Crippen LogP contribution in [-0.2, 0) is 29.2 Å². The lowest BCUT2D eigenvalue weighted by Gasteiger charge is -2.15. The smallest absolute Gasteiger partial charge is 0.322 e. The zero-order valence-corrected chi connectivity index (χ0v) is 34.5. The van der Waals surface area contributed by atoms with Crippen LogP contribution in [-0.4, -0.2) is 47.7 Å². The summed E-state index contributed by atoms with van der Waals surface area (Å²) in [4.78, 5) is 33.3. The Morgan fingerprint density at radius 1 is 0.722 bits per heavy atom. The van der Waals surface area contributed by atoms with Crippen LogP contribution < -0.4 is 25.4 Å². The van der Waals surface area contributed by atoms with E-state index in [9.17, 15) is 23.2 Å². The fourth-order valence-electron chi connectivity index (χ4n) is 5.07. The molecule has 4 aromatic carbocycles. The average Bonchev–Trinajstić information content (AvgIpc) is 3.09. The van der Waals surface area contributed by atoms with Gasteiger partial charge in [0.1, 0.15) is 25.5 Å². The number of carbonyl (C=O) groups is 3. The SMILES string of the molecule is CCNc1cc(C)cc(COc2c(Br)cc(C(=O)NCC(=O)O)cc2Br)c1F.CCNc1cc(C)cc(COc2c(Cl)cc(CCC(=O)O)cc2Cl)c1F. The van der Waals surface area contributed by atoms with Crippen LogP contribution in [0.4, 0.5) is 20.2 Å². The van der Waals surface area contributed by atoms with Crippen LogP contribution in [0.15, 0.2) is 57.5 Å². The van der Waals surface area contributed by atoms with Gasteiger partial charge in [0.25, 0.3) is 5.91 Å². The Morgan fingerprint density at radius 2 is 1.19 bits per heavy atom. The number of rotatable bonds is 16. The van der Waals surface area contributed by atoms with Crippen molar-refractivity contribution >= 4 is 84.3 Å². The molecule has 4 rings (SSSR count). The minimum absolute atomic E-state index is 0.00628. The third-order valence-corrected chi connectivity index (χ3v) is 9.15. The van der Waals surface area contributed by atoms with Gasteiger partial charge in [0.2, 0.25) is 0 Å². The molecule has 0 saturated heterocycles. The lowest BCUT2D eigenvalue weighted by molar-refractivity contribution is -0.137. The number of ether oxygens (including phenoxy) is 2. The molecular formula is C38H39Br2Cl2F2N3O7. The number of carboxylic acids is 2. The number of anilines is 2. The summed E-state index contributed by atoms with van der Waals surface area (Å²) in [6, 6.07) is 13.1. The summed E-state index contributed by atoms with van der Waals surface area (Å²) in [6.07, 6.45) is 0.294. The Bertz CT molecular complexity index is 1960. The zero-order chi connectivity index (χ0) is 40.1. The maximum Gasteiger partial charge on any atom is 0.322 e. The van der Waals surface area contributed by atoms with Gasteiger partial charge in [-0.2, -0.15) is 0 Å². The predicted molar refractivity (Wildman–Crippen MR) is 213 cm³/mol. The maximum absolute atomic E-state index is 14.6. The van der Waals surface area contributed by atoms with Gasteiger partial charge in [0.15, 0.2) is 17.4 Å². The highest BCUT2D eigenvalue weighted by molar-refractivity contribution is 9.11. The van der Waals surface area contributed by atoms with Gasteiger partial charge in [0, 0.05) is 36.2 Å². The number of hydrogen-bond donors (Lipinski definition) is 5. The van der Waals surface area contributed by atoms with E-state index in [2.05, 4.69) is 47.8 Å². The van der Waals surface area contributed by atoms with Crippen LogP contribution in [0.2, 0.25) is 10.0 Å². The minimum Gasteiger partial charge on any atom is -0.486 e. The number of amides is 1. The van der Waals surface area contributed by atoms with Crippen molar-refractivity contribution in [1.82, 2.24) is 5.32 Å². The van der Waals surface area contributed by atoms with Crippen LogP contribution in [0.3, 0.4) is 0 Å². The molecular weight excluding hydrogens is 879 g/mol. The van der Waals surface area contributed by atoms with E-state index in [1.807, 2.05) is 27.7 Å². The lowest BCUT2D eigenvalue weighted by atomic mass is 10.1. The molecule has 0 radical (unpaired) electrons. The fraction of sp³-hybridized carbons (Fsp3) is 0.289. The van der Waals surface area contributed by atoms with Crippen molar-refractivity contribution in [2.75, 3.05) is 30.3 Å². The van der Waals surface area contributed by atoms with Crippen LogP contribution in [0.5, 0.6) is 11.5 Å². The van der Waals surface area contributed by atoms with Crippen molar-refractivity contribution in [3.63, 3.8) is 0 Å². The van der Waals surface area contributed by atoms with E-state index in [0.29, 0.717) is 62.3 Å². The summed E-state index contributed by atoms with van der Waals surface area (Å²) in [5.41, 5.74) is 4.40. The van der Waals surface area contributed by atoms with Crippen LogP contribution >= 0.6 is 55.1 Å². The Morgan fingerprint density at radius 3 is 1.61 bits per heavy atom. The monoisotopic (exact) mass is 915 g/mol. The van der Waals surface area contributed by atoms with Crippen LogP contribution in [0, 0.1) is 25.5 Å². The first kappa shape index (κ1) is 44.3. The first-order chi connectivity index (χ1) is 25.5. The molecule has 1 amide bonds. The molecule has 290 valence electrons. The zero-order valence-electron chi connectivity index (χ0n) is 29.8. The Kier molecular flexibility index (Phi) is 17.3. The highest BCUT2D eigenvalue weighted by Gasteiger charge is 2.17. The second-order valence-electron chi connectivity index (χ2n) is 11.8. The summed E-state index contributed by atoms with van der Waals surface area (Å²) in [5, 5.41) is 26.2. The molecule has 0 bridgehead atoms. The number of aryl methyl sites for hydroxylation is 3. The van der Waals surface area contributed by atoms with Crippen LogP contribution in [0.25, 0.3) is 0 Å². The van der Waals surface area contributed by atoms with Crippen molar-refractivity contribution in [1.29, 1.82) is 0 Å². The van der Waals surface area contributed by atoms with E-state index in [1.165, 1.54) is 12.1 Å². The van der Waals surface area contributed by atoms with Crippen molar-refractivity contribution in [3.05, 3.63) is 113 Å². The molecule has 0 aliphatic heterocycles. The second kappa shape index (κ2) is 21.1. The molecule has 5 N–H and O–H groups in total. The Balaban J connectivity index is 0.000000291. The molecule has 0 saturated carbocycles. The van der Waals surface area contributed by atoms with Gasteiger partial charge in [-0.3, -0.25) is 14.4 Å². The van der Waals surface area contributed by atoms with Crippen LogP contribution in [0.1, 0.15) is 58.4 Å². The summed E-state index contributed by atoms with van der Waals surface area (Å²) >= 11 is 19.1. The van der Waals surface area contributed by atoms with Gasteiger partial charge < -0.3 is 35.6 Å². The molecule has 0 unspecified atom stereocenters. The van der Waals surface area contributed by atoms with E-state index < -0.39 is 24.4 Å². The molecule has 0 aliphatic carbocycles. The first-order valence-electron chi connectivity index (χ1n) is 16.5. The quantitative estimate of drug-likeness (QED) is 0.0742. The molecule has 54 heavy (non-hydrogen) atoms. The third kappa shape index (κ3) is 13.0. The van der Waals surface area contributed by atoms with E-state index in [-0.39, 0.29) is 52.6 Å². The van der Waals surface area contributed by atoms with Gasteiger partial charge in [-0.15, -0.1) is 0 Å². The first-order valence-corrected chi connectivity index (χ1v) is 18.9. The van der Waals surface area contributed by atoms with Gasteiger partial charge in [-0.05, 0) is 131 Å². The highest BCUT2D eigenvalue weighted by atomic mass is 79.9. The van der Waals surface area contributed by atoms with E-state index in [0.717, 1.165) is 11.1 Å². The van der Waals surface area contributed by atoms with Crippen molar-refractivity contribution in [2.24, 2.45) is 0 Å². The number of aliphatic carboxylic acids is 2. The Labute approximate surface area is 338 Å². The molecule has 0 aliphatic rings. The van der Waals surface area contributed by atoms with E-state index >= 15 is 0 Å².